The van der Waals surface area contributed by atoms with E-state index in [2.05, 4.69) is 4.90 Å². The fourth-order valence-corrected chi connectivity index (χ4v) is 5.33. The smallest absolute Gasteiger partial charge is 0.410 e. The molecular formula is C32H37N3O14. The Morgan fingerprint density at radius 3 is 2.00 bits per heavy atom. The average Bonchev–Trinajstić information content (AvgIpc) is 3.05. The number of amides is 1. The normalized spacial score (nSPS) is 21.9. The minimum absolute atomic E-state index is 0.275. The molecule has 0 N–H and O–H groups in total. The minimum atomic E-state index is -1.68. The second-order valence-electron chi connectivity index (χ2n) is 11.1. The number of esters is 4. The minimum Gasteiger partial charge on any atom is -0.463 e. The van der Waals surface area contributed by atoms with Gasteiger partial charge in [-0.3, -0.25) is 29.3 Å². The van der Waals surface area contributed by atoms with Crippen molar-refractivity contribution in [2.45, 2.75) is 65.0 Å². The molecule has 264 valence electrons. The first-order valence-corrected chi connectivity index (χ1v) is 15.3. The number of nitro groups is 1. The largest absolute Gasteiger partial charge is 0.463 e. The predicted molar refractivity (Wildman–Crippen MR) is 166 cm³/mol. The maximum Gasteiger partial charge on any atom is 0.410 e. The van der Waals surface area contributed by atoms with Crippen molar-refractivity contribution in [1.29, 1.82) is 0 Å². The summed E-state index contributed by atoms with van der Waals surface area (Å²) in [5, 5.41) is 12.1. The maximum absolute atomic E-state index is 12.8. The van der Waals surface area contributed by atoms with Gasteiger partial charge in [0.2, 0.25) is 12.4 Å². The number of carbonyl (C=O) groups excluding carboxylic acids is 5. The van der Waals surface area contributed by atoms with Crippen LogP contribution in [0, 0.1) is 10.1 Å². The van der Waals surface area contributed by atoms with E-state index < -0.39 is 77.9 Å². The standard InChI is InChI=1S/C32H37N3O14/c1-19(36)43-18-27-28(45-20(2)37)29(46-21(3)38)30(47-22(4)39)31(49-27)48-26-11-10-23(16-25(26)35(41)42)17-44-32(40)34-14-12-33(13-15-34)24-8-6-5-7-9-24/h5-11,16,27-31H,12-15,17-18H2,1-4H3/t27-,28+,29+,30-,31-/m1/s1. The van der Waals surface area contributed by atoms with Crippen LogP contribution in [0.1, 0.15) is 33.3 Å². The lowest BCUT2D eigenvalue weighted by Crippen LogP contribution is -2.63. The number of piperazine rings is 1. The Labute approximate surface area is 281 Å². The molecule has 5 atom stereocenters. The van der Waals surface area contributed by atoms with E-state index >= 15 is 0 Å². The first-order valence-electron chi connectivity index (χ1n) is 15.3. The van der Waals surface area contributed by atoms with E-state index in [1.165, 1.54) is 12.1 Å². The number of carbonyl (C=O) groups is 5. The molecule has 0 unspecified atom stereocenters. The van der Waals surface area contributed by atoms with Gasteiger partial charge in [0.1, 0.15) is 19.3 Å². The summed E-state index contributed by atoms with van der Waals surface area (Å²) in [7, 11) is 0. The molecule has 2 aromatic rings. The lowest BCUT2D eigenvalue weighted by Gasteiger charge is -2.43. The Morgan fingerprint density at radius 2 is 1.41 bits per heavy atom. The van der Waals surface area contributed by atoms with Crippen LogP contribution >= 0.6 is 0 Å². The molecule has 2 aliphatic rings. The molecule has 2 heterocycles. The molecule has 0 bridgehead atoms. The number of benzene rings is 2. The van der Waals surface area contributed by atoms with Crippen molar-refractivity contribution in [1.82, 2.24) is 4.90 Å². The zero-order valence-corrected chi connectivity index (χ0v) is 27.3. The molecule has 49 heavy (non-hydrogen) atoms. The molecule has 17 heteroatoms. The summed E-state index contributed by atoms with van der Waals surface area (Å²) in [4.78, 5) is 75.6. The highest BCUT2D eigenvalue weighted by molar-refractivity contribution is 5.69. The van der Waals surface area contributed by atoms with Gasteiger partial charge in [-0.1, -0.05) is 24.3 Å². The Kier molecular flexibility index (Phi) is 12.3. The van der Waals surface area contributed by atoms with E-state index in [9.17, 15) is 34.1 Å². The number of nitrogens with zero attached hydrogens (tertiary/aromatic N) is 3. The van der Waals surface area contributed by atoms with E-state index in [-0.39, 0.29) is 17.9 Å². The molecule has 2 fully saturated rings. The molecule has 0 radical (unpaired) electrons. The van der Waals surface area contributed by atoms with Crippen molar-refractivity contribution in [2.24, 2.45) is 0 Å². The number of hydrogen-bond donors (Lipinski definition) is 0. The van der Waals surface area contributed by atoms with Gasteiger partial charge >= 0.3 is 35.7 Å². The number of nitro benzene ring substituents is 1. The van der Waals surface area contributed by atoms with Crippen LogP contribution in [0.5, 0.6) is 5.75 Å². The molecule has 1 amide bonds. The Hall–Kier alpha value is -5.45. The van der Waals surface area contributed by atoms with E-state index in [1.54, 1.807) is 4.90 Å². The summed E-state index contributed by atoms with van der Waals surface area (Å²) in [6.45, 7) is 5.59. The Morgan fingerprint density at radius 1 is 0.796 bits per heavy atom. The molecule has 4 rings (SSSR count). The highest BCUT2D eigenvalue weighted by Gasteiger charge is 2.53. The molecule has 0 aliphatic carbocycles. The van der Waals surface area contributed by atoms with Crippen molar-refractivity contribution < 1.29 is 62.1 Å². The Balaban J connectivity index is 1.51. The molecule has 2 aliphatic heterocycles. The van der Waals surface area contributed by atoms with Crippen LogP contribution in [-0.2, 0) is 54.2 Å². The van der Waals surface area contributed by atoms with Crippen molar-refractivity contribution >= 4 is 41.3 Å². The highest BCUT2D eigenvalue weighted by Crippen LogP contribution is 2.35. The van der Waals surface area contributed by atoms with Crippen molar-refractivity contribution in [2.75, 3.05) is 37.7 Å². The van der Waals surface area contributed by atoms with Gasteiger partial charge in [0.15, 0.2) is 18.0 Å². The van der Waals surface area contributed by atoms with Gasteiger partial charge in [-0.05, 0) is 23.8 Å². The van der Waals surface area contributed by atoms with Crippen molar-refractivity contribution in [3.8, 4) is 5.75 Å². The molecule has 17 nitrogen and oxygen atoms in total. The number of rotatable bonds is 11. The number of para-hydroxylation sites is 1. The summed E-state index contributed by atoms with van der Waals surface area (Å²) >= 11 is 0. The summed E-state index contributed by atoms with van der Waals surface area (Å²) < 4.78 is 38.3. The molecule has 0 saturated carbocycles. The van der Waals surface area contributed by atoms with E-state index in [0.717, 1.165) is 39.4 Å². The van der Waals surface area contributed by atoms with Gasteiger partial charge in [0.05, 0.1) is 4.92 Å². The van der Waals surface area contributed by atoms with Crippen LogP contribution in [0.15, 0.2) is 48.5 Å². The first-order chi connectivity index (χ1) is 23.3. The van der Waals surface area contributed by atoms with Gasteiger partial charge in [-0.15, -0.1) is 0 Å². The van der Waals surface area contributed by atoms with Gasteiger partial charge in [-0.25, -0.2) is 4.79 Å². The summed E-state index contributed by atoms with van der Waals surface area (Å²) in [6.07, 6.45) is -8.14. The second kappa shape index (κ2) is 16.6. The fourth-order valence-electron chi connectivity index (χ4n) is 5.33. The third-order valence-corrected chi connectivity index (χ3v) is 7.43. The average molecular weight is 688 g/mol. The maximum atomic E-state index is 12.8. The second-order valence-corrected chi connectivity index (χ2v) is 11.1. The van der Waals surface area contributed by atoms with E-state index in [1.807, 2.05) is 30.3 Å². The third kappa shape index (κ3) is 10.0. The lowest BCUT2D eigenvalue weighted by molar-refractivity contribution is -0.387. The highest BCUT2D eigenvalue weighted by atomic mass is 16.7. The van der Waals surface area contributed by atoms with Crippen LogP contribution in [0.4, 0.5) is 16.2 Å². The van der Waals surface area contributed by atoms with E-state index in [4.69, 9.17) is 33.2 Å². The third-order valence-electron chi connectivity index (χ3n) is 7.43. The fraction of sp³-hybridized carbons (Fsp3) is 0.469. The molecule has 2 aromatic carbocycles. The quantitative estimate of drug-likeness (QED) is 0.144. The first kappa shape index (κ1) is 36.4. The van der Waals surface area contributed by atoms with Crippen molar-refractivity contribution in [3.05, 3.63) is 64.2 Å². The Bertz CT molecular complexity index is 1530. The zero-order chi connectivity index (χ0) is 35.7. The monoisotopic (exact) mass is 687 g/mol. The zero-order valence-electron chi connectivity index (χ0n) is 27.3. The topological polar surface area (TPSA) is 200 Å². The SMILES string of the molecule is CC(=O)OC[C@H]1O[C@@H](Oc2ccc(COC(=O)N3CCN(c4ccccc4)CC3)cc2[N+](=O)[O-])[C@H](OC(C)=O)[C@@H](OC(C)=O)[C@H]1OC(C)=O. The molecule has 2 saturated heterocycles. The van der Waals surface area contributed by atoms with Crippen LogP contribution in [0.25, 0.3) is 0 Å². The predicted octanol–water partition coefficient (Wildman–Crippen LogP) is 2.52. The molecular weight excluding hydrogens is 650 g/mol. The summed E-state index contributed by atoms with van der Waals surface area (Å²) in [5.41, 5.74) is 0.767. The van der Waals surface area contributed by atoms with Gasteiger partial charge in [0, 0.05) is 65.6 Å². The summed E-state index contributed by atoms with van der Waals surface area (Å²) in [5.74, 6) is -3.60. The molecule has 0 spiro atoms. The molecule has 0 aromatic heterocycles. The van der Waals surface area contributed by atoms with Gasteiger partial charge < -0.3 is 43.0 Å². The van der Waals surface area contributed by atoms with Crippen molar-refractivity contribution in [3.63, 3.8) is 0 Å². The van der Waals surface area contributed by atoms with Crippen LogP contribution < -0.4 is 9.64 Å². The van der Waals surface area contributed by atoms with Crippen LogP contribution in [-0.4, -0.2) is 103 Å². The van der Waals surface area contributed by atoms with Crippen LogP contribution in [0.2, 0.25) is 0 Å². The van der Waals surface area contributed by atoms with E-state index in [0.29, 0.717) is 26.2 Å². The van der Waals surface area contributed by atoms with Gasteiger partial charge in [-0.2, -0.15) is 0 Å². The van der Waals surface area contributed by atoms with Gasteiger partial charge in [0.25, 0.3) is 0 Å². The number of anilines is 1. The lowest BCUT2D eigenvalue weighted by atomic mass is 9.98. The number of hydrogen-bond acceptors (Lipinski definition) is 15. The number of ether oxygens (including phenoxy) is 7. The van der Waals surface area contributed by atoms with Crippen LogP contribution in [0.3, 0.4) is 0 Å². The summed E-state index contributed by atoms with van der Waals surface area (Å²) in [6, 6.07) is 13.6.